The first-order chi connectivity index (χ1) is 4.83. The normalized spacial score (nSPS) is 47.1. The van der Waals surface area contributed by atoms with E-state index >= 15 is 0 Å². The van der Waals surface area contributed by atoms with Crippen molar-refractivity contribution in [2.24, 2.45) is 0 Å². The standard InChI is InChI=1S/C7H12FNS/c8-6-1-3-9-7(6)2-4-10-5-7/h6,9H,1-5H2. The Bertz CT molecular complexity index is 128. The summed E-state index contributed by atoms with van der Waals surface area (Å²) in [6.07, 6.45) is 1.17. The molecule has 2 saturated heterocycles. The summed E-state index contributed by atoms with van der Waals surface area (Å²) in [7, 11) is 0. The molecule has 1 nitrogen and oxygen atoms in total. The third-order valence-corrected chi connectivity index (χ3v) is 3.74. The molecule has 2 aliphatic rings. The molecule has 2 heterocycles. The van der Waals surface area contributed by atoms with Crippen LogP contribution in [-0.2, 0) is 0 Å². The Hall–Kier alpha value is 0.240. The number of alkyl halides is 1. The van der Waals surface area contributed by atoms with Crippen LogP contribution in [0.3, 0.4) is 0 Å². The number of thioether (sulfide) groups is 1. The van der Waals surface area contributed by atoms with Gasteiger partial charge in [-0.25, -0.2) is 4.39 Å². The first-order valence-corrected chi connectivity index (χ1v) is 4.96. The molecule has 58 valence electrons. The highest BCUT2D eigenvalue weighted by Crippen LogP contribution is 2.36. The van der Waals surface area contributed by atoms with Crippen LogP contribution in [-0.4, -0.2) is 29.8 Å². The monoisotopic (exact) mass is 161 g/mol. The summed E-state index contributed by atoms with van der Waals surface area (Å²) < 4.78 is 13.2. The molecule has 3 heteroatoms. The van der Waals surface area contributed by atoms with Gasteiger partial charge in [0, 0.05) is 5.75 Å². The van der Waals surface area contributed by atoms with E-state index < -0.39 is 6.17 Å². The molecule has 0 bridgehead atoms. The average molecular weight is 161 g/mol. The Kier molecular flexibility index (Phi) is 1.65. The van der Waals surface area contributed by atoms with Crippen LogP contribution in [0.25, 0.3) is 0 Å². The molecule has 1 spiro atoms. The van der Waals surface area contributed by atoms with E-state index in [1.807, 2.05) is 11.8 Å². The molecule has 0 aromatic heterocycles. The van der Waals surface area contributed by atoms with Crippen LogP contribution in [0.2, 0.25) is 0 Å². The van der Waals surface area contributed by atoms with Crippen molar-refractivity contribution in [3.05, 3.63) is 0 Å². The van der Waals surface area contributed by atoms with Gasteiger partial charge >= 0.3 is 0 Å². The summed E-state index contributed by atoms with van der Waals surface area (Å²) in [5, 5.41) is 3.29. The van der Waals surface area contributed by atoms with Crippen molar-refractivity contribution in [1.82, 2.24) is 5.32 Å². The van der Waals surface area contributed by atoms with Gasteiger partial charge in [-0.1, -0.05) is 0 Å². The smallest absolute Gasteiger partial charge is 0.120 e. The molecule has 0 amide bonds. The number of hydrogen-bond donors (Lipinski definition) is 1. The molecule has 10 heavy (non-hydrogen) atoms. The molecule has 0 radical (unpaired) electrons. The van der Waals surface area contributed by atoms with Crippen molar-refractivity contribution < 1.29 is 4.39 Å². The highest BCUT2D eigenvalue weighted by Gasteiger charge is 2.45. The van der Waals surface area contributed by atoms with E-state index in [1.54, 1.807) is 0 Å². The lowest BCUT2D eigenvalue weighted by atomic mass is 9.95. The summed E-state index contributed by atoms with van der Waals surface area (Å²) >= 11 is 1.87. The number of nitrogens with one attached hydrogen (secondary N) is 1. The molecule has 0 aromatic rings. The minimum absolute atomic E-state index is 0.106. The van der Waals surface area contributed by atoms with Gasteiger partial charge in [-0.15, -0.1) is 0 Å². The lowest BCUT2D eigenvalue weighted by Gasteiger charge is -2.24. The number of rotatable bonds is 0. The van der Waals surface area contributed by atoms with Crippen molar-refractivity contribution in [1.29, 1.82) is 0 Å². The molecule has 2 aliphatic heterocycles. The van der Waals surface area contributed by atoms with Crippen LogP contribution in [0.5, 0.6) is 0 Å². The van der Waals surface area contributed by atoms with Crippen LogP contribution in [0.1, 0.15) is 12.8 Å². The van der Waals surface area contributed by atoms with Gasteiger partial charge in [0.05, 0.1) is 5.54 Å². The zero-order valence-corrected chi connectivity index (χ0v) is 6.72. The predicted octanol–water partition coefficient (Wildman–Crippen LogP) is 1.19. The predicted molar refractivity (Wildman–Crippen MR) is 42.2 cm³/mol. The van der Waals surface area contributed by atoms with Crippen LogP contribution in [0.15, 0.2) is 0 Å². The number of halogens is 1. The molecule has 2 unspecified atom stereocenters. The summed E-state index contributed by atoms with van der Waals surface area (Å²) in [6, 6.07) is 0. The van der Waals surface area contributed by atoms with Gasteiger partial charge < -0.3 is 5.32 Å². The second-order valence-corrected chi connectivity index (χ2v) is 4.25. The number of hydrogen-bond acceptors (Lipinski definition) is 2. The average Bonchev–Trinajstić information content (AvgIpc) is 2.48. The fourth-order valence-corrected chi connectivity index (χ4v) is 3.25. The van der Waals surface area contributed by atoms with Gasteiger partial charge in [-0.2, -0.15) is 11.8 Å². The molecule has 2 atom stereocenters. The minimum Gasteiger partial charge on any atom is -0.308 e. The van der Waals surface area contributed by atoms with E-state index in [1.165, 1.54) is 0 Å². The zero-order chi connectivity index (χ0) is 7.03. The van der Waals surface area contributed by atoms with Crippen LogP contribution < -0.4 is 5.32 Å². The van der Waals surface area contributed by atoms with Gasteiger partial charge in [0.15, 0.2) is 0 Å². The third kappa shape index (κ3) is 0.873. The first kappa shape index (κ1) is 6.92. The van der Waals surface area contributed by atoms with E-state index in [0.29, 0.717) is 0 Å². The Labute approximate surface area is 64.8 Å². The lowest BCUT2D eigenvalue weighted by molar-refractivity contribution is 0.224. The van der Waals surface area contributed by atoms with Crippen LogP contribution in [0.4, 0.5) is 4.39 Å². The van der Waals surface area contributed by atoms with Gasteiger partial charge in [-0.05, 0) is 25.1 Å². The van der Waals surface area contributed by atoms with E-state index in [9.17, 15) is 4.39 Å². The second-order valence-electron chi connectivity index (χ2n) is 3.14. The van der Waals surface area contributed by atoms with Crippen molar-refractivity contribution in [3.8, 4) is 0 Å². The Morgan fingerprint density at radius 2 is 2.50 bits per heavy atom. The molecule has 2 fully saturated rings. The van der Waals surface area contributed by atoms with E-state index in [-0.39, 0.29) is 5.54 Å². The van der Waals surface area contributed by atoms with E-state index in [0.717, 1.165) is 30.9 Å². The van der Waals surface area contributed by atoms with Crippen LogP contribution in [0, 0.1) is 0 Å². The lowest BCUT2D eigenvalue weighted by Crippen LogP contribution is -2.45. The fourth-order valence-electron chi connectivity index (χ4n) is 1.80. The molecular weight excluding hydrogens is 149 g/mol. The maximum atomic E-state index is 13.2. The zero-order valence-electron chi connectivity index (χ0n) is 5.90. The Balaban J connectivity index is 2.11. The largest absolute Gasteiger partial charge is 0.308 e. The quantitative estimate of drug-likeness (QED) is 0.573. The summed E-state index contributed by atoms with van der Waals surface area (Å²) in [5.41, 5.74) is -0.106. The van der Waals surface area contributed by atoms with Gasteiger partial charge in [0.1, 0.15) is 6.17 Å². The summed E-state index contributed by atoms with van der Waals surface area (Å²) in [4.78, 5) is 0. The van der Waals surface area contributed by atoms with Crippen molar-refractivity contribution >= 4 is 11.8 Å². The highest BCUT2D eigenvalue weighted by molar-refractivity contribution is 7.99. The maximum absolute atomic E-state index is 13.2. The second kappa shape index (κ2) is 2.38. The molecule has 2 rings (SSSR count). The first-order valence-electron chi connectivity index (χ1n) is 3.80. The SMILES string of the molecule is FC1CCNC12CCSC2. The van der Waals surface area contributed by atoms with Gasteiger partial charge in [0.2, 0.25) is 0 Å². The maximum Gasteiger partial charge on any atom is 0.120 e. The van der Waals surface area contributed by atoms with Crippen molar-refractivity contribution in [2.75, 3.05) is 18.1 Å². The molecule has 0 saturated carbocycles. The van der Waals surface area contributed by atoms with E-state index in [4.69, 9.17) is 0 Å². The van der Waals surface area contributed by atoms with E-state index in [2.05, 4.69) is 5.32 Å². The Morgan fingerprint density at radius 3 is 3.00 bits per heavy atom. The molecular formula is C7H12FNS. The topological polar surface area (TPSA) is 12.0 Å². The fraction of sp³-hybridized carbons (Fsp3) is 1.00. The minimum atomic E-state index is -0.581. The summed E-state index contributed by atoms with van der Waals surface area (Å²) in [6.45, 7) is 0.877. The van der Waals surface area contributed by atoms with Crippen molar-refractivity contribution in [3.63, 3.8) is 0 Å². The van der Waals surface area contributed by atoms with Crippen LogP contribution >= 0.6 is 11.8 Å². The van der Waals surface area contributed by atoms with Gasteiger partial charge in [-0.3, -0.25) is 0 Å². The highest BCUT2D eigenvalue weighted by atomic mass is 32.2. The Morgan fingerprint density at radius 1 is 1.60 bits per heavy atom. The molecule has 0 aliphatic carbocycles. The van der Waals surface area contributed by atoms with Crippen molar-refractivity contribution in [2.45, 2.75) is 24.6 Å². The van der Waals surface area contributed by atoms with Gasteiger partial charge in [0.25, 0.3) is 0 Å². The molecule has 0 aromatic carbocycles. The molecule has 1 N–H and O–H groups in total. The summed E-state index contributed by atoms with van der Waals surface area (Å²) in [5.74, 6) is 2.11. The third-order valence-electron chi connectivity index (χ3n) is 2.53.